The van der Waals surface area contributed by atoms with Crippen LogP contribution in [0.3, 0.4) is 0 Å². The van der Waals surface area contributed by atoms with Gasteiger partial charge in [-0.2, -0.15) is 0 Å². The molecule has 4 rings (SSSR count). The summed E-state index contributed by atoms with van der Waals surface area (Å²) in [7, 11) is 0. The Balaban J connectivity index is 1.49. The van der Waals surface area contributed by atoms with E-state index in [2.05, 4.69) is 34.6 Å². The van der Waals surface area contributed by atoms with Crippen molar-refractivity contribution >= 4 is 12.1 Å². The van der Waals surface area contributed by atoms with Gasteiger partial charge in [-0.3, -0.25) is 4.98 Å². The number of benzene rings is 2. The van der Waals surface area contributed by atoms with Crippen LogP contribution in [0.1, 0.15) is 49.6 Å². The number of esters is 1. The summed E-state index contributed by atoms with van der Waals surface area (Å²) >= 11 is 0. The van der Waals surface area contributed by atoms with E-state index >= 15 is 0 Å². The molecule has 1 N–H and O–H groups in total. The zero-order chi connectivity index (χ0) is 22.7. The van der Waals surface area contributed by atoms with Crippen molar-refractivity contribution in [2.75, 3.05) is 6.61 Å². The van der Waals surface area contributed by atoms with Crippen molar-refractivity contribution < 1.29 is 19.1 Å². The average Bonchev–Trinajstić information content (AvgIpc) is 3.09. The van der Waals surface area contributed by atoms with Crippen LogP contribution in [-0.2, 0) is 14.3 Å². The number of ether oxygens (including phenoxy) is 2. The molecule has 0 spiro atoms. The van der Waals surface area contributed by atoms with Gasteiger partial charge >= 0.3 is 12.1 Å². The molecule has 1 aliphatic rings. The van der Waals surface area contributed by atoms with Gasteiger partial charge in [-0.1, -0.05) is 54.6 Å². The van der Waals surface area contributed by atoms with Crippen molar-refractivity contribution in [1.29, 1.82) is 0 Å². The SMILES string of the molecule is CC(C)(C)OC(=O)C(NC(=O)OCC1c2ccccc2-c2ccccc21)c1ccccn1. The summed E-state index contributed by atoms with van der Waals surface area (Å²) in [5.74, 6) is -0.660. The lowest BCUT2D eigenvalue weighted by Crippen LogP contribution is -2.39. The Morgan fingerprint density at radius 2 is 1.53 bits per heavy atom. The maximum absolute atomic E-state index is 12.8. The Kier molecular flexibility index (Phi) is 5.95. The van der Waals surface area contributed by atoms with E-state index in [1.165, 1.54) is 0 Å². The largest absolute Gasteiger partial charge is 0.458 e. The number of nitrogens with one attached hydrogen (secondary N) is 1. The minimum atomic E-state index is -1.06. The molecule has 1 aromatic heterocycles. The molecule has 0 fully saturated rings. The molecule has 1 heterocycles. The molecule has 1 atom stereocenters. The normalized spacial score (nSPS) is 13.6. The highest BCUT2D eigenvalue weighted by Gasteiger charge is 2.32. The first-order valence-electron chi connectivity index (χ1n) is 10.6. The first-order valence-corrected chi connectivity index (χ1v) is 10.6. The van der Waals surface area contributed by atoms with Gasteiger partial charge in [-0.05, 0) is 55.2 Å². The fourth-order valence-corrected chi connectivity index (χ4v) is 3.92. The summed E-state index contributed by atoms with van der Waals surface area (Å²) in [4.78, 5) is 29.7. The summed E-state index contributed by atoms with van der Waals surface area (Å²) in [5, 5.41) is 2.63. The smallest absolute Gasteiger partial charge is 0.408 e. The summed E-state index contributed by atoms with van der Waals surface area (Å²) in [6.45, 7) is 5.47. The van der Waals surface area contributed by atoms with Crippen molar-refractivity contribution in [2.24, 2.45) is 0 Å². The Bertz CT molecular complexity index is 1080. The first kappa shape index (κ1) is 21.6. The highest BCUT2D eigenvalue weighted by Crippen LogP contribution is 2.44. The van der Waals surface area contributed by atoms with Gasteiger partial charge < -0.3 is 14.8 Å². The van der Waals surface area contributed by atoms with Crippen molar-refractivity contribution in [1.82, 2.24) is 10.3 Å². The number of alkyl carbamates (subject to hydrolysis) is 1. The van der Waals surface area contributed by atoms with Crippen LogP contribution in [0.2, 0.25) is 0 Å². The molecule has 3 aromatic rings. The van der Waals surface area contributed by atoms with Gasteiger partial charge in [0.1, 0.15) is 12.2 Å². The zero-order valence-electron chi connectivity index (χ0n) is 18.4. The monoisotopic (exact) mass is 430 g/mol. The van der Waals surface area contributed by atoms with Crippen LogP contribution in [0.5, 0.6) is 0 Å². The second kappa shape index (κ2) is 8.83. The van der Waals surface area contributed by atoms with E-state index in [1.54, 1.807) is 45.2 Å². The molecular formula is C26H26N2O4. The van der Waals surface area contributed by atoms with Crippen molar-refractivity contribution in [3.05, 3.63) is 89.7 Å². The lowest BCUT2D eigenvalue weighted by Gasteiger charge is -2.24. The number of carbonyl (C=O) groups excluding carboxylic acids is 2. The number of fused-ring (bicyclic) bond motifs is 3. The molecule has 32 heavy (non-hydrogen) atoms. The van der Waals surface area contributed by atoms with Gasteiger partial charge in [0, 0.05) is 12.1 Å². The number of rotatable bonds is 5. The Labute approximate surface area is 187 Å². The quantitative estimate of drug-likeness (QED) is 0.576. The number of aromatic nitrogens is 1. The average molecular weight is 431 g/mol. The third kappa shape index (κ3) is 4.64. The van der Waals surface area contributed by atoms with Crippen LogP contribution in [0.4, 0.5) is 4.79 Å². The molecule has 0 aliphatic heterocycles. The molecule has 2 aromatic carbocycles. The molecule has 6 nitrogen and oxygen atoms in total. The van der Waals surface area contributed by atoms with Crippen LogP contribution in [0, 0.1) is 0 Å². The van der Waals surface area contributed by atoms with Crippen LogP contribution in [0.15, 0.2) is 72.9 Å². The fourth-order valence-electron chi connectivity index (χ4n) is 3.92. The van der Waals surface area contributed by atoms with E-state index in [0.29, 0.717) is 5.69 Å². The molecule has 0 radical (unpaired) electrons. The standard InChI is InChI=1S/C26H26N2O4/c1-26(2,3)32-24(29)23(22-14-8-9-15-27-22)28-25(30)31-16-21-19-12-6-4-10-17(19)18-11-5-7-13-20(18)21/h4-15,21,23H,16H2,1-3H3,(H,28,30). The number of pyridine rings is 1. The summed E-state index contributed by atoms with van der Waals surface area (Å²) in [5.41, 5.74) is 4.22. The third-order valence-corrected chi connectivity index (χ3v) is 5.23. The summed E-state index contributed by atoms with van der Waals surface area (Å²) in [6.07, 6.45) is 0.861. The summed E-state index contributed by atoms with van der Waals surface area (Å²) in [6, 6.07) is 20.3. The lowest BCUT2D eigenvalue weighted by atomic mass is 9.98. The zero-order valence-corrected chi connectivity index (χ0v) is 18.4. The van der Waals surface area contributed by atoms with Crippen molar-refractivity contribution in [3.63, 3.8) is 0 Å². The minimum Gasteiger partial charge on any atom is -0.458 e. The van der Waals surface area contributed by atoms with Gasteiger partial charge in [-0.15, -0.1) is 0 Å². The fraction of sp³-hybridized carbons (Fsp3) is 0.269. The third-order valence-electron chi connectivity index (χ3n) is 5.23. The van der Waals surface area contributed by atoms with Crippen LogP contribution >= 0.6 is 0 Å². The van der Waals surface area contributed by atoms with Gasteiger partial charge in [0.2, 0.25) is 0 Å². The highest BCUT2D eigenvalue weighted by molar-refractivity contribution is 5.83. The number of hydrogen-bond donors (Lipinski definition) is 1. The van der Waals surface area contributed by atoms with E-state index in [1.807, 2.05) is 24.3 Å². The highest BCUT2D eigenvalue weighted by atomic mass is 16.6. The minimum absolute atomic E-state index is 0.0667. The Morgan fingerprint density at radius 3 is 2.09 bits per heavy atom. The number of nitrogens with zero attached hydrogens (tertiary/aromatic N) is 1. The number of amides is 1. The lowest BCUT2D eigenvalue weighted by molar-refractivity contribution is -0.157. The van der Waals surface area contributed by atoms with Gasteiger partial charge in [-0.25, -0.2) is 9.59 Å². The maximum Gasteiger partial charge on any atom is 0.408 e. The number of carbonyl (C=O) groups is 2. The van der Waals surface area contributed by atoms with E-state index < -0.39 is 23.7 Å². The molecule has 0 bridgehead atoms. The van der Waals surface area contributed by atoms with E-state index in [4.69, 9.17) is 9.47 Å². The Hall–Kier alpha value is -3.67. The van der Waals surface area contributed by atoms with Gasteiger partial charge in [0.15, 0.2) is 6.04 Å². The molecule has 6 heteroatoms. The summed E-state index contributed by atoms with van der Waals surface area (Å²) < 4.78 is 11.1. The molecule has 1 aliphatic carbocycles. The van der Waals surface area contributed by atoms with Crippen LogP contribution in [-0.4, -0.2) is 29.3 Å². The van der Waals surface area contributed by atoms with E-state index in [-0.39, 0.29) is 12.5 Å². The first-order chi connectivity index (χ1) is 15.3. The van der Waals surface area contributed by atoms with Gasteiger partial charge in [0.25, 0.3) is 0 Å². The molecule has 0 saturated heterocycles. The predicted octanol–water partition coefficient (Wildman–Crippen LogP) is 5.00. The van der Waals surface area contributed by atoms with Crippen molar-refractivity contribution in [3.8, 4) is 11.1 Å². The topological polar surface area (TPSA) is 77.5 Å². The van der Waals surface area contributed by atoms with Crippen LogP contribution < -0.4 is 5.32 Å². The van der Waals surface area contributed by atoms with E-state index in [0.717, 1.165) is 22.3 Å². The second-order valence-electron chi connectivity index (χ2n) is 8.69. The molecule has 1 unspecified atom stereocenters. The maximum atomic E-state index is 12.8. The van der Waals surface area contributed by atoms with Crippen molar-refractivity contribution in [2.45, 2.75) is 38.3 Å². The molecular weight excluding hydrogens is 404 g/mol. The molecule has 164 valence electrons. The van der Waals surface area contributed by atoms with Gasteiger partial charge in [0.05, 0.1) is 5.69 Å². The molecule has 1 amide bonds. The molecule has 0 saturated carbocycles. The Morgan fingerprint density at radius 1 is 0.938 bits per heavy atom. The van der Waals surface area contributed by atoms with Crippen LogP contribution in [0.25, 0.3) is 11.1 Å². The van der Waals surface area contributed by atoms with E-state index in [9.17, 15) is 9.59 Å². The number of hydrogen-bond acceptors (Lipinski definition) is 5. The predicted molar refractivity (Wildman–Crippen MR) is 121 cm³/mol. The second-order valence-corrected chi connectivity index (χ2v) is 8.69.